The van der Waals surface area contributed by atoms with E-state index in [2.05, 4.69) is 27.7 Å². The Kier molecular flexibility index (Phi) is 8.44. The molecule has 0 spiro atoms. The molecular weight excluding hydrogens is 280 g/mol. The van der Waals surface area contributed by atoms with Gasteiger partial charge in [0.1, 0.15) is 0 Å². The molecule has 0 amide bonds. The van der Waals surface area contributed by atoms with Gasteiger partial charge >= 0.3 is 0 Å². The Bertz CT molecular complexity index is 305. The van der Waals surface area contributed by atoms with E-state index in [9.17, 15) is 0 Å². The Morgan fingerprint density at radius 2 is 1.52 bits per heavy atom. The molecular formula is C22H42O. The summed E-state index contributed by atoms with van der Waals surface area (Å²) in [5.41, 5.74) is 0. The minimum atomic E-state index is 0.537. The molecule has 0 bridgehead atoms. The normalized spacial score (nSPS) is 38.6. The summed E-state index contributed by atoms with van der Waals surface area (Å²) in [4.78, 5) is 0. The number of hydrogen-bond acceptors (Lipinski definition) is 1. The first kappa shape index (κ1) is 19.3. The Morgan fingerprint density at radius 3 is 2.17 bits per heavy atom. The van der Waals surface area contributed by atoms with Crippen molar-refractivity contribution in [1.82, 2.24) is 0 Å². The topological polar surface area (TPSA) is 9.23 Å². The van der Waals surface area contributed by atoms with Crippen LogP contribution in [-0.4, -0.2) is 12.7 Å². The Labute approximate surface area is 146 Å². The fourth-order valence-electron chi connectivity index (χ4n) is 5.41. The van der Waals surface area contributed by atoms with E-state index in [1.165, 1.54) is 70.6 Å². The molecule has 0 radical (unpaired) electrons. The van der Waals surface area contributed by atoms with Crippen LogP contribution in [0.3, 0.4) is 0 Å². The highest BCUT2D eigenvalue weighted by atomic mass is 16.5. The van der Waals surface area contributed by atoms with Crippen LogP contribution in [-0.2, 0) is 4.74 Å². The molecule has 0 aromatic heterocycles. The fraction of sp³-hybridized carbons (Fsp3) is 1.00. The summed E-state index contributed by atoms with van der Waals surface area (Å²) in [5, 5.41) is 0. The van der Waals surface area contributed by atoms with Gasteiger partial charge in [0.25, 0.3) is 0 Å². The van der Waals surface area contributed by atoms with E-state index >= 15 is 0 Å². The van der Waals surface area contributed by atoms with Crippen molar-refractivity contribution in [2.24, 2.45) is 29.6 Å². The van der Waals surface area contributed by atoms with E-state index < -0.39 is 0 Å². The summed E-state index contributed by atoms with van der Waals surface area (Å²) in [7, 11) is 0. The summed E-state index contributed by atoms with van der Waals surface area (Å²) in [5.74, 6) is 4.64. The van der Waals surface area contributed by atoms with Gasteiger partial charge in [-0.3, -0.25) is 0 Å². The van der Waals surface area contributed by atoms with Crippen molar-refractivity contribution in [3.8, 4) is 0 Å². The summed E-state index contributed by atoms with van der Waals surface area (Å²) in [6.45, 7) is 10.6. The average molecular weight is 323 g/mol. The molecule has 4 unspecified atom stereocenters. The van der Waals surface area contributed by atoms with Crippen LogP contribution in [0.1, 0.15) is 98.3 Å². The molecule has 2 aliphatic carbocycles. The van der Waals surface area contributed by atoms with Crippen LogP contribution in [0.2, 0.25) is 0 Å². The van der Waals surface area contributed by atoms with Crippen molar-refractivity contribution < 1.29 is 4.74 Å². The molecule has 2 rings (SSSR count). The largest absolute Gasteiger partial charge is 0.378 e. The van der Waals surface area contributed by atoms with Gasteiger partial charge in [0.05, 0.1) is 6.10 Å². The van der Waals surface area contributed by atoms with Gasteiger partial charge in [-0.05, 0) is 61.7 Å². The second-order valence-corrected chi connectivity index (χ2v) is 8.65. The molecule has 0 heterocycles. The zero-order chi connectivity index (χ0) is 16.7. The van der Waals surface area contributed by atoms with Crippen LogP contribution in [0.15, 0.2) is 0 Å². The lowest BCUT2D eigenvalue weighted by molar-refractivity contribution is -0.0562. The second kappa shape index (κ2) is 10.1. The van der Waals surface area contributed by atoms with E-state index in [0.717, 1.165) is 36.2 Å². The molecule has 0 saturated heterocycles. The lowest BCUT2D eigenvalue weighted by Gasteiger charge is -2.45. The molecule has 2 saturated carbocycles. The molecule has 2 aliphatic rings. The third kappa shape index (κ3) is 5.48. The van der Waals surface area contributed by atoms with Crippen molar-refractivity contribution in [3.63, 3.8) is 0 Å². The van der Waals surface area contributed by atoms with Crippen LogP contribution in [0.25, 0.3) is 0 Å². The fourth-order valence-corrected chi connectivity index (χ4v) is 5.41. The van der Waals surface area contributed by atoms with E-state index in [-0.39, 0.29) is 0 Å². The van der Waals surface area contributed by atoms with Crippen molar-refractivity contribution in [3.05, 3.63) is 0 Å². The van der Waals surface area contributed by atoms with Crippen LogP contribution >= 0.6 is 0 Å². The molecule has 0 aliphatic heterocycles. The van der Waals surface area contributed by atoms with Crippen LogP contribution in [0.5, 0.6) is 0 Å². The molecule has 2 fully saturated rings. The van der Waals surface area contributed by atoms with Gasteiger partial charge in [-0.1, -0.05) is 66.2 Å². The van der Waals surface area contributed by atoms with Gasteiger partial charge < -0.3 is 4.74 Å². The average Bonchev–Trinajstić information content (AvgIpc) is 2.57. The van der Waals surface area contributed by atoms with Gasteiger partial charge in [0.2, 0.25) is 0 Å². The zero-order valence-corrected chi connectivity index (χ0v) is 16.4. The minimum absolute atomic E-state index is 0.537. The molecule has 1 nitrogen and oxygen atoms in total. The zero-order valence-electron chi connectivity index (χ0n) is 16.4. The first-order valence-corrected chi connectivity index (χ1v) is 10.8. The van der Waals surface area contributed by atoms with Gasteiger partial charge in [-0.15, -0.1) is 0 Å². The second-order valence-electron chi connectivity index (χ2n) is 8.65. The number of rotatable bonds is 8. The highest BCUT2D eigenvalue weighted by molar-refractivity contribution is 4.89. The van der Waals surface area contributed by atoms with Crippen LogP contribution < -0.4 is 0 Å². The standard InChI is InChI=1S/C22H42O/c1-5-7-8-16-23-22-15-14-21(17(3)18(22)4)20-12-10-19(9-6-2)11-13-20/h17-22H,5-16H2,1-4H3. The summed E-state index contributed by atoms with van der Waals surface area (Å²) >= 11 is 0. The van der Waals surface area contributed by atoms with E-state index in [1.807, 2.05) is 0 Å². The monoisotopic (exact) mass is 322 g/mol. The molecule has 0 aromatic carbocycles. The van der Waals surface area contributed by atoms with Gasteiger partial charge in [0, 0.05) is 6.61 Å². The van der Waals surface area contributed by atoms with Gasteiger partial charge in [0.15, 0.2) is 0 Å². The minimum Gasteiger partial charge on any atom is -0.378 e. The Morgan fingerprint density at radius 1 is 0.783 bits per heavy atom. The van der Waals surface area contributed by atoms with E-state index in [4.69, 9.17) is 4.74 Å². The smallest absolute Gasteiger partial charge is 0.0603 e. The highest BCUT2D eigenvalue weighted by Gasteiger charge is 2.39. The first-order chi connectivity index (χ1) is 11.2. The third-order valence-electron chi connectivity index (χ3n) is 7.15. The number of unbranched alkanes of at least 4 members (excludes halogenated alkanes) is 2. The van der Waals surface area contributed by atoms with Gasteiger partial charge in [-0.2, -0.15) is 0 Å². The third-order valence-corrected chi connectivity index (χ3v) is 7.15. The lowest BCUT2D eigenvalue weighted by Crippen LogP contribution is -2.40. The molecule has 4 atom stereocenters. The van der Waals surface area contributed by atoms with Gasteiger partial charge in [-0.25, -0.2) is 0 Å². The molecule has 0 aromatic rings. The lowest BCUT2D eigenvalue weighted by atomic mass is 9.63. The van der Waals surface area contributed by atoms with Crippen molar-refractivity contribution >= 4 is 0 Å². The SMILES string of the molecule is CCCCCOC1CCC(C2CCC(CCC)CC2)C(C)C1C. The highest BCUT2D eigenvalue weighted by Crippen LogP contribution is 2.46. The Balaban J connectivity index is 1.76. The molecule has 23 heavy (non-hydrogen) atoms. The maximum Gasteiger partial charge on any atom is 0.0603 e. The van der Waals surface area contributed by atoms with Crippen LogP contribution in [0, 0.1) is 29.6 Å². The summed E-state index contributed by atoms with van der Waals surface area (Å²) < 4.78 is 6.25. The van der Waals surface area contributed by atoms with Crippen molar-refractivity contribution in [2.75, 3.05) is 6.61 Å². The quantitative estimate of drug-likeness (QED) is 0.444. The van der Waals surface area contributed by atoms with Crippen LogP contribution in [0.4, 0.5) is 0 Å². The predicted octanol–water partition coefficient (Wildman–Crippen LogP) is 6.85. The molecule has 136 valence electrons. The maximum absolute atomic E-state index is 6.25. The molecule has 1 heteroatoms. The summed E-state index contributed by atoms with van der Waals surface area (Å²) in [6, 6.07) is 0. The predicted molar refractivity (Wildman–Crippen MR) is 101 cm³/mol. The number of hydrogen-bond donors (Lipinski definition) is 0. The molecule has 0 N–H and O–H groups in total. The first-order valence-electron chi connectivity index (χ1n) is 10.8. The van der Waals surface area contributed by atoms with Crippen molar-refractivity contribution in [1.29, 1.82) is 0 Å². The summed E-state index contributed by atoms with van der Waals surface area (Å²) in [6.07, 6.45) is 16.0. The van der Waals surface area contributed by atoms with E-state index in [1.54, 1.807) is 0 Å². The van der Waals surface area contributed by atoms with E-state index in [0.29, 0.717) is 6.10 Å². The maximum atomic E-state index is 6.25. The number of ether oxygens (including phenoxy) is 1. The van der Waals surface area contributed by atoms with Crippen molar-refractivity contribution in [2.45, 2.75) is 104 Å². The Hall–Kier alpha value is -0.0400.